The highest BCUT2D eigenvalue weighted by Crippen LogP contribution is 2.22. The van der Waals surface area contributed by atoms with Crippen LogP contribution in [0, 0.1) is 0 Å². The number of nitrogens with one attached hydrogen (secondary N) is 1. The molecule has 1 heterocycles. The third-order valence-electron chi connectivity index (χ3n) is 4.07. The van der Waals surface area contributed by atoms with E-state index in [4.69, 9.17) is 16.6 Å². The van der Waals surface area contributed by atoms with Crippen molar-refractivity contribution in [3.8, 4) is 0 Å². The van der Waals surface area contributed by atoms with E-state index >= 15 is 0 Å². The summed E-state index contributed by atoms with van der Waals surface area (Å²) in [6, 6.07) is 6.70. The molecular formula is C18H24N6O3. The average Bonchev–Trinajstić information content (AvgIpc) is 2.59. The van der Waals surface area contributed by atoms with Crippen LogP contribution in [0.2, 0.25) is 0 Å². The average molecular weight is 372 g/mol. The number of carbonyl (C=O) groups is 1. The fourth-order valence-electron chi connectivity index (χ4n) is 2.69. The number of benzene rings is 1. The van der Waals surface area contributed by atoms with Crippen molar-refractivity contribution in [2.24, 2.45) is 5.10 Å². The summed E-state index contributed by atoms with van der Waals surface area (Å²) in [7, 11) is 3.64. The Bertz CT molecular complexity index is 874. The summed E-state index contributed by atoms with van der Waals surface area (Å²) in [6.07, 6.45) is 3.63. The molecule has 1 unspecified atom stereocenters. The van der Waals surface area contributed by atoms with Gasteiger partial charge in [0.05, 0.1) is 11.1 Å². The molecule has 144 valence electrons. The molecule has 0 saturated carbocycles. The van der Waals surface area contributed by atoms with Gasteiger partial charge < -0.3 is 21.6 Å². The molecule has 0 saturated heterocycles. The molecule has 0 amide bonds. The molecule has 9 heteroatoms. The molecule has 9 nitrogen and oxygen atoms in total. The Kier molecular flexibility index (Phi) is 6.53. The van der Waals surface area contributed by atoms with E-state index in [1.54, 1.807) is 29.3 Å². The van der Waals surface area contributed by atoms with Crippen LogP contribution >= 0.6 is 0 Å². The summed E-state index contributed by atoms with van der Waals surface area (Å²) < 4.78 is 0. The topological polar surface area (TPSA) is 151 Å². The molecule has 6 N–H and O–H groups in total. The van der Waals surface area contributed by atoms with Gasteiger partial charge in [-0.05, 0) is 37.0 Å². The Morgan fingerprint density at radius 3 is 2.56 bits per heavy atom. The molecule has 1 atom stereocenters. The number of nitrogens with zero attached hydrogens (tertiary/aromatic N) is 3. The number of aromatic carboxylic acids is 1. The molecule has 27 heavy (non-hydrogen) atoms. The number of anilines is 2. The fourth-order valence-corrected chi connectivity index (χ4v) is 2.69. The van der Waals surface area contributed by atoms with Crippen molar-refractivity contribution in [1.29, 1.82) is 0 Å². The van der Waals surface area contributed by atoms with Crippen LogP contribution < -0.4 is 17.0 Å². The molecule has 2 aromatic rings. The van der Waals surface area contributed by atoms with Gasteiger partial charge in [-0.2, -0.15) is 10.1 Å². The maximum atomic E-state index is 12.0. The molecule has 0 fully saturated rings. The molecule has 0 radical (unpaired) electrons. The minimum absolute atomic E-state index is 0.00392. The quantitative estimate of drug-likeness (QED) is 0.402. The zero-order valence-electron chi connectivity index (χ0n) is 15.3. The third kappa shape index (κ3) is 5.56. The maximum absolute atomic E-state index is 12.0. The third-order valence-corrected chi connectivity index (χ3v) is 4.07. The Morgan fingerprint density at radius 1 is 1.33 bits per heavy atom. The molecule has 1 aromatic carbocycles. The predicted octanol–water partition coefficient (Wildman–Crippen LogP) is 1.29. The van der Waals surface area contributed by atoms with Crippen LogP contribution in [0.5, 0.6) is 0 Å². The first kappa shape index (κ1) is 20.0. The summed E-state index contributed by atoms with van der Waals surface area (Å²) in [4.78, 5) is 29.3. The van der Waals surface area contributed by atoms with Crippen molar-refractivity contribution < 1.29 is 9.90 Å². The molecule has 0 aliphatic rings. The fraction of sp³-hybridized carbons (Fsp3) is 0.333. The second-order valence-electron chi connectivity index (χ2n) is 6.35. The number of hydrogen-bond donors (Lipinski definition) is 4. The number of H-pyrrole nitrogens is 1. The Labute approximate surface area is 156 Å². The number of aromatic amines is 1. The largest absolute Gasteiger partial charge is 0.478 e. The van der Waals surface area contributed by atoms with Crippen molar-refractivity contribution in [3.05, 3.63) is 51.3 Å². The number of carboxylic acid groups (broad SMARTS) is 1. The summed E-state index contributed by atoms with van der Waals surface area (Å²) in [5.41, 5.74) is 12.5. The number of aromatic nitrogens is 2. The van der Waals surface area contributed by atoms with Crippen LogP contribution in [0.3, 0.4) is 0 Å². The zero-order chi connectivity index (χ0) is 20.0. The first-order chi connectivity index (χ1) is 12.8. The number of hydrazone groups is 1. The van der Waals surface area contributed by atoms with Crippen LogP contribution in [0.1, 0.15) is 40.2 Å². The lowest BCUT2D eigenvalue weighted by Crippen LogP contribution is -2.19. The second-order valence-corrected chi connectivity index (χ2v) is 6.35. The lowest BCUT2D eigenvalue weighted by molar-refractivity contribution is 0.0697. The summed E-state index contributed by atoms with van der Waals surface area (Å²) in [5.74, 6) is -0.862. The van der Waals surface area contributed by atoms with Gasteiger partial charge in [0.15, 0.2) is 0 Å². The molecule has 0 bridgehead atoms. The summed E-state index contributed by atoms with van der Waals surface area (Å²) >= 11 is 0. The second kappa shape index (κ2) is 8.84. The van der Waals surface area contributed by atoms with Crippen LogP contribution in [-0.4, -0.2) is 46.4 Å². The van der Waals surface area contributed by atoms with E-state index in [2.05, 4.69) is 15.1 Å². The van der Waals surface area contributed by atoms with E-state index in [1.165, 1.54) is 0 Å². The summed E-state index contributed by atoms with van der Waals surface area (Å²) in [6.45, 7) is 0. The van der Waals surface area contributed by atoms with Crippen molar-refractivity contribution in [3.63, 3.8) is 0 Å². The van der Waals surface area contributed by atoms with Crippen molar-refractivity contribution in [2.75, 3.05) is 25.6 Å². The zero-order valence-corrected chi connectivity index (χ0v) is 15.3. The SMILES string of the molecule is CN(C)/N=C/C(CCCc1c(N)nc(N)[nH]c1=O)c1ccc(C(=O)O)cc1. The monoisotopic (exact) mass is 372 g/mol. The Balaban J connectivity index is 2.13. The number of nitrogen functional groups attached to an aromatic ring is 2. The minimum atomic E-state index is -0.967. The van der Waals surface area contributed by atoms with Gasteiger partial charge in [0.2, 0.25) is 5.95 Å². The van der Waals surface area contributed by atoms with Gasteiger partial charge in [-0.25, -0.2) is 4.79 Å². The van der Waals surface area contributed by atoms with Crippen LogP contribution in [0.4, 0.5) is 11.8 Å². The van der Waals surface area contributed by atoms with Crippen LogP contribution in [-0.2, 0) is 6.42 Å². The van der Waals surface area contributed by atoms with Crippen molar-refractivity contribution >= 4 is 24.0 Å². The first-order valence-corrected chi connectivity index (χ1v) is 8.46. The smallest absolute Gasteiger partial charge is 0.335 e. The van der Waals surface area contributed by atoms with Crippen LogP contribution in [0.15, 0.2) is 34.2 Å². The van der Waals surface area contributed by atoms with Crippen molar-refractivity contribution in [2.45, 2.75) is 25.2 Å². The normalized spacial score (nSPS) is 12.2. The highest BCUT2D eigenvalue weighted by Gasteiger charge is 2.13. The van der Waals surface area contributed by atoms with Gasteiger partial charge in [0.25, 0.3) is 5.56 Å². The Hall–Kier alpha value is -3.36. The number of hydrogen-bond acceptors (Lipinski definition) is 7. The Morgan fingerprint density at radius 2 is 2.00 bits per heavy atom. The van der Waals surface area contributed by atoms with E-state index in [0.29, 0.717) is 24.8 Å². The summed E-state index contributed by atoms with van der Waals surface area (Å²) in [5, 5.41) is 15.0. The van der Waals surface area contributed by atoms with E-state index in [-0.39, 0.29) is 28.8 Å². The van der Waals surface area contributed by atoms with Gasteiger partial charge in [-0.15, -0.1) is 0 Å². The van der Waals surface area contributed by atoms with Gasteiger partial charge in [-0.1, -0.05) is 12.1 Å². The molecule has 0 spiro atoms. The van der Waals surface area contributed by atoms with Crippen LogP contribution in [0.25, 0.3) is 0 Å². The molecule has 2 rings (SSSR count). The number of carboxylic acids is 1. The number of nitrogens with two attached hydrogens (primary N) is 2. The molecule has 0 aliphatic heterocycles. The molecular weight excluding hydrogens is 348 g/mol. The van der Waals surface area contributed by atoms with Gasteiger partial charge in [-0.3, -0.25) is 9.78 Å². The van der Waals surface area contributed by atoms with Gasteiger partial charge in [0.1, 0.15) is 5.82 Å². The lowest BCUT2D eigenvalue weighted by Gasteiger charge is -2.14. The van der Waals surface area contributed by atoms with E-state index in [0.717, 1.165) is 5.56 Å². The maximum Gasteiger partial charge on any atom is 0.335 e. The van der Waals surface area contributed by atoms with Gasteiger partial charge >= 0.3 is 5.97 Å². The number of rotatable bonds is 8. The van der Waals surface area contributed by atoms with Crippen molar-refractivity contribution in [1.82, 2.24) is 15.0 Å². The first-order valence-electron chi connectivity index (χ1n) is 8.46. The molecule has 0 aliphatic carbocycles. The highest BCUT2D eigenvalue weighted by molar-refractivity contribution is 5.87. The lowest BCUT2D eigenvalue weighted by atomic mass is 9.93. The van der Waals surface area contributed by atoms with E-state index < -0.39 is 5.97 Å². The minimum Gasteiger partial charge on any atom is -0.478 e. The molecule has 1 aromatic heterocycles. The van der Waals surface area contributed by atoms with Gasteiger partial charge in [0, 0.05) is 26.2 Å². The van der Waals surface area contributed by atoms with E-state index in [1.807, 2.05) is 20.3 Å². The highest BCUT2D eigenvalue weighted by atomic mass is 16.4. The van der Waals surface area contributed by atoms with E-state index in [9.17, 15) is 9.59 Å². The predicted molar refractivity (Wildman–Crippen MR) is 105 cm³/mol. The standard InChI is InChI=1S/C18H24N6O3/c1-24(2)21-10-13(11-6-8-12(9-7-11)17(26)27)4-3-5-14-15(19)22-18(20)23-16(14)25/h6-10,13H,3-5H2,1-2H3,(H,26,27)(H5,19,20,22,23,25)/b21-10+.